The van der Waals surface area contributed by atoms with Crippen molar-refractivity contribution in [2.75, 3.05) is 0 Å². The van der Waals surface area contributed by atoms with Crippen LogP contribution >= 0.6 is 0 Å². The lowest BCUT2D eigenvalue weighted by molar-refractivity contribution is -0.164. The monoisotopic (exact) mass is 392 g/mol. The number of hydrogen-bond donors (Lipinski definition) is 2. The van der Waals surface area contributed by atoms with Gasteiger partial charge in [-0.1, -0.05) is 39.0 Å². The molecule has 0 aromatic heterocycles. The van der Waals surface area contributed by atoms with E-state index in [9.17, 15) is 15.0 Å². The van der Waals surface area contributed by atoms with Gasteiger partial charge in [0.15, 0.2) is 0 Å². The average Bonchev–Trinajstić information content (AvgIpc) is 2.60. The number of rotatable bonds is 8. The molecule has 2 rings (SSSR count). The zero-order valence-electron chi connectivity index (χ0n) is 18.5. The van der Waals surface area contributed by atoms with Crippen molar-refractivity contribution in [1.29, 1.82) is 0 Å². The van der Waals surface area contributed by atoms with Gasteiger partial charge in [-0.2, -0.15) is 0 Å². The second kappa shape index (κ2) is 9.58. The maximum atomic E-state index is 12.8. The number of esters is 1. The van der Waals surface area contributed by atoms with Crippen LogP contribution in [0, 0.1) is 29.1 Å². The summed E-state index contributed by atoms with van der Waals surface area (Å²) in [5.74, 6) is 1.16. The maximum Gasteiger partial charge on any atom is 0.311 e. The minimum Gasteiger partial charge on any atom is -0.461 e. The van der Waals surface area contributed by atoms with Crippen molar-refractivity contribution in [3.05, 3.63) is 23.8 Å². The first-order valence-electron chi connectivity index (χ1n) is 11.0. The number of allylic oxidation sites excluding steroid dienone is 3. The number of aliphatic hydroxyl groups is 2. The summed E-state index contributed by atoms with van der Waals surface area (Å²) < 4.78 is 6.12. The van der Waals surface area contributed by atoms with E-state index >= 15 is 0 Å². The molecule has 0 amide bonds. The molecule has 0 fully saturated rings. The minimum atomic E-state index is -0.493. The molecule has 0 saturated heterocycles. The number of carbonyl (C=O) groups is 1. The van der Waals surface area contributed by atoms with Crippen molar-refractivity contribution in [3.8, 4) is 0 Å². The molecular weight excluding hydrogens is 352 g/mol. The fraction of sp³-hybridized carbons (Fsp3) is 0.792. The SMILES string of the molecule is CCC(C)(C)C(=O)O[C@H]1C[C@@H](C)C=C2C=C[C@H](C)[C@H](CC[C@@H](O)C[C@H](C)O)C21. The topological polar surface area (TPSA) is 66.8 Å². The van der Waals surface area contributed by atoms with E-state index in [-0.39, 0.29) is 18.0 Å². The molecule has 0 aliphatic heterocycles. The number of aliphatic hydroxyl groups excluding tert-OH is 2. The highest BCUT2D eigenvalue weighted by Crippen LogP contribution is 2.45. The first-order chi connectivity index (χ1) is 13.0. The Morgan fingerprint density at radius 1 is 1.32 bits per heavy atom. The molecule has 2 aliphatic rings. The fourth-order valence-corrected chi connectivity index (χ4v) is 4.56. The summed E-state index contributed by atoms with van der Waals surface area (Å²) in [4.78, 5) is 12.8. The van der Waals surface area contributed by atoms with Gasteiger partial charge in [0.25, 0.3) is 0 Å². The van der Waals surface area contributed by atoms with Crippen LogP contribution in [0.3, 0.4) is 0 Å². The van der Waals surface area contributed by atoms with Crippen LogP contribution < -0.4 is 0 Å². The van der Waals surface area contributed by atoms with Gasteiger partial charge in [0.05, 0.1) is 17.6 Å². The number of ether oxygens (including phenoxy) is 1. The quantitative estimate of drug-likeness (QED) is 0.590. The lowest BCUT2D eigenvalue weighted by atomic mass is 9.65. The molecule has 0 aromatic carbocycles. The Bertz CT molecular complexity index is 589. The molecule has 1 unspecified atom stereocenters. The van der Waals surface area contributed by atoms with E-state index in [1.54, 1.807) is 6.92 Å². The third-order valence-electron chi connectivity index (χ3n) is 6.74. The summed E-state index contributed by atoms with van der Waals surface area (Å²) in [6.07, 6.45) is 9.23. The largest absolute Gasteiger partial charge is 0.461 e. The van der Waals surface area contributed by atoms with Crippen molar-refractivity contribution in [1.82, 2.24) is 0 Å². The van der Waals surface area contributed by atoms with Gasteiger partial charge in [0, 0.05) is 5.92 Å². The van der Waals surface area contributed by atoms with E-state index in [0.717, 1.165) is 19.3 Å². The van der Waals surface area contributed by atoms with E-state index in [1.807, 2.05) is 20.8 Å². The van der Waals surface area contributed by atoms with E-state index in [1.165, 1.54) is 5.57 Å². The van der Waals surface area contributed by atoms with Gasteiger partial charge in [0.1, 0.15) is 6.10 Å². The Balaban J connectivity index is 2.19. The summed E-state index contributed by atoms with van der Waals surface area (Å²) >= 11 is 0. The molecule has 0 radical (unpaired) electrons. The van der Waals surface area contributed by atoms with Crippen molar-refractivity contribution in [2.24, 2.45) is 29.1 Å². The number of carbonyl (C=O) groups excluding carboxylic acids is 1. The predicted octanol–water partition coefficient (Wildman–Crippen LogP) is 4.65. The van der Waals surface area contributed by atoms with Gasteiger partial charge in [-0.15, -0.1) is 0 Å². The van der Waals surface area contributed by atoms with Crippen molar-refractivity contribution in [3.63, 3.8) is 0 Å². The highest BCUT2D eigenvalue weighted by Gasteiger charge is 2.42. The molecule has 28 heavy (non-hydrogen) atoms. The molecule has 2 N–H and O–H groups in total. The van der Waals surface area contributed by atoms with Gasteiger partial charge < -0.3 is 14.9 Å². The molecule has 0 heterocycles. The van der Waals surface area contributed by atoms with Gasteiger partial charge >= 0.3 is 5.97 Å². The van der Waals surface area contributed by atoms with Gasteiger partial charge in [-0.25, -0.2) is 0 Å². The second-order valence-electron chi connectivity index (χ2n) is 9.78. The van der Waals surface area contributed by atoms with E-state index in [0.29, 0.717) is 30.6 Å². The molecule has 160 valence electrons. The lowest BCUT2D eigenvalue weighted by Gasteiger charge is -2.44. The Hall–Kier alpha value is -1.13. The molecule has 4 heteroatoms. The molecule has 4 nitrogen and oxygen atoms in total. The average molecular weight is 393 g/mol. The Kier molecular flexibility index (Phi) is 7.92. The van der Waals surface area contributed by atoms with Crippen LogP contribution in [0.15, 0.2) is 23.8 Å². The van der Waals surface area contributed by atoms with Crippen LogP contribution in [-0.4, -0.2) is 34.5 Å². The maximum absolute atomic E-state index is 12.8. The van der Waals surface area contributed by atoms with Crippen LogP contribution in [0.25, 0.3) is 0 Å². The van der Waals surface area contributed by atoms with Crippen molar-refractivity contribution in [2.45, 2.75) is 92.0 Å². The highest BCUT2D eigenvalue weighted by molar-refractivity contribution is 5.76. The summed E-state index contributed by atoms with van der Waals surface area (Å²) in [6, 6.07) is 0. The van der Waals surface area contributed by atoms with Gasteiger partial charge in [-0.05, 0) is 76.2 Å². The Labute approximate surface area is 171 Å². The summed E-state index contributed by atoms with van der Waals surface area (Å²) in [5.41, 5.74) is 0.808. The third-order valence-corrected chi connectivity index (χ3v) is 6.74. The molecular formula is C24H40O4. The molecule has 0 aromatic rings. The summed E-state index contributed by atoms with van der Waals surface area (Å²) in [7, 11) is 0. The number of fused-ring (bicyclic) bond motifs is 1. The summed E-state index contributed by atoms with van der Waals surface area (Å²) in [6.45, 7) is 12.0. The zero-order chi connectivity index (χ0) is 21.1. The first kappa shape index (κ1) is 23.2. The number of hydrogen-bond acceptors (Lipinski definition) is 4. The van der Waals surface area contributed by atoms with Crippen LogP contribution in [0.2, 0.25) is 0 Å². The third kappa shape index (κ3) is 5.70. The second-order valence-corrected chi connectivity index (χ2v) is 9.78. The standard InChI is InChI=1S/C24H40O4/c1-7-24(5,6)23(27)28-21-13-15(2)12-18-9-8-16(3)20(22(18)21)11-10-19(26)14-17(4)25/h8-9,12,15-17,19-22,25-26H,7,10-11,13-14H2,1-6H3/t15-,16-,17-,19+,20-,21-,22?/m0/s1. The van der Waals surface area contributed by atoms with Crippen molar-refractivity contribution >= 4 is 5.97 Å². The first-order valence-corrected chi connectivity index (χ1v) is 11.0. The van der Waals surface area contributed by atoms with Crippen LogP contribution in [0.5, 0.6) is 0 Å². The fourth-order valence-electron chi connectivity index (χ4n) is 4.56. The van der Waals surface area contributed by atoms with E-state index in [4.69, 9.17) is 4.74 Å². The Morgan fingerprint density at radius 3 is 2.61 bits per heavy atom. The minimum absolute atomic E-state index is 0.108. The molecule has 7 atom stereocenters. The normalized spacial score (nSPS) is 32.3. The summed E-state index contributed by atoms with van der Waals surface area (Å²) in [5, 5.41) is 19.8. The highest BCUT2D eigenvalue weighted by atomic mass is 16.5. The Morgan fingerprint density at radius 2 is 2.00 bits per heavy atom. The van der Waals surface area contributed by atoms with Crippen molar-refractivity contribution < 1.29 is 19.7 Å². The van der Waals surface area contributed by atoms with Gasteiger partial charge in [0.2, 0.25) is 0 Å². The van der Waals surface area contributed by atoms with Gasteiger partial charge in [-0.3, -0.25) is 4.79 Å². The van der Waals surface area contributed by atoms with Crippen LogP contribution in [-0.2, 0) is 9.53 Å². The zero-order valence-corrected chi connectivity index (χ0v) is 18.5. The van der Waals surface area contributed by atoms with E-state index in [2.05, 4.69) is 32.1 Å². The molecule has 2 aliphatic carbocycles. The lowest BCUT2D eigenvalue weighted by Crippen LogP contribution is -2.43. The van der Waals surface area contributed by atoms with Crippen LogP contribution in [0.1, 0.15) is 73.6 Å². The van der Waals surface area contributed by atoms with E-state index < -0.39 is 17.6 Å². The molecule has 0 bridgehead atoms. The predicted molar refractivity (Wildman–Crippen MR) is 113 cm³/mol. The van der Waals surface area contributed by atoms with Crippen LogP contribution in [0.4, 0.5) is 0 Å². The molecule has 0 spiro atoms. The molecule has 0 saturated carbocycles. The smallest absolute Gasteiger partial charge is 0.311 e.